The van der Waals surface area contributed by atoms with Crippen LogP contribution in [0.1, 0.15) is 17.2 Å². The Bertz CT molecular complexity index is 1610. The normalized spacial score (nSPS) is 18.7. The summed E-state index contributed by atoms with van der Waals surface area (Å²) in [5.41, 5.74) is 2.48. The number of ketones is 1. The highest BCUT2D eigenvalue weighted by Crippen LogP contribution is 2.45. The lowest BCUT2D eigenvalue weighted by molar-refractivity contribution is -0.132. The van der Waals surface area contributed by atoms with Gasteiger partial charge in [-0.3, -0.25) is 14.5 Å². The molecule has 1 unspecified atom stereocenters. The van der Waals surface area contributed by atoms with Crippen LogP contribution in [0.25, 0.3) is 16.5 Å². The maximum atomic E-state index is 13.6. The molecule has 37 heavy (non-hydrogen) atoms. The molecule has 6 rings (SSSR count). The number of hydrogen-bond acceptors (Lipinski definition) is 5. The fraction of sp³-hybridized carbons (Fsp3) is 0.133. The van der Waals surface area contributed by atoms with E-state index in [1.807, 2.05) is 54.4 Å². The zero-order valence-electron chi connectivity index (χ0n) is 20.0. The molecule has 1 N–H and O–H groups in total. The van der Waals surface area contributed by atoms with Crippen molar-refractivity contribution in [2.24, 2.45) is 0 Å². The maximum absolute atomic E-state index is 13.6. The Morgan fingerprint density at radius 3 is 2.59 bits per heavy atom. The summed E-state index contributed by atoms with van der Waals surface area (Å²) in [5.74, 6) is -1.00. The number of anilines is 2. The molecule has 4 aromatic rings. The van der Waals surface area contributed by atoms with Crippen molar-refractivity contribution in [1.82, 2.24) is 0 Å². The average molecular weight is 511 g/mol. The SMILES string of the molecule is CN1CCOc2ccc(/C(O)=C3\C(=O)C(=O)N(c4cccc(Cl)c4)C3c3cccc4ccccc34)cc21. The van der Waals surface area contributed by atoms with Gasteiger partial charge in [0.1, 0.15) is 18.1 Å². The van der Waals surface area contributed by atoms with E-state index in [0.717, 1.165) is 22.0 Å². The second-order valence-electron chi connectivity index (χ2n) is 9.17. The Labute approximate surface area is 218 Å². The van der Waals surface area contributed by atoms with Crippen LogP contribution in [0.2, 0.25) is 5.02 Å². The van der Waals surface area contributed by atoms with Gasteiger partial charge in [-0.05, 0) is 52.7 Å². The van der Waals surface area contributed by atoms with Gasteiger partial charge in [0.2, 0.25) is 0 Å². The molecule has 1 atom stereocenters. The van der Waals surface area contributed by atoms with E-state index in [-0.39, 0.29) is 11.3 Å². The third-order valence-electron chi connectivity index (χ3n) is 6.98. The van der Waals surface area contributed by atoms with Gasteiger partial charge in [0, 0.05) is 23.3 Å². The quantitative estimate of drug-likeness (QED) is 0.209. The van der Waals surface area contributed by atoms with E-state index in [9.17, 15) is 14.7 Å². The number of aliphatic hydroxyl groups excluding tert-OH is 1. The molecule has 4 aromatic carbocycles. The van der Waals surface area contributed by atoms with Gasteiger partial charge in [0.05, 0.1) is 23.8 Å². The third-order valence-corrected chi connectivity index (χ3v) is 7.21. The van der Waals surface area contributed by atoms with Gasteiger partial charge in [0.25, 0.3) is 11.7 Å². The summed E-state index contributed by atoms with van der Waals surface area (Å²) < 4.78 is 5.74. The van der Waals surface area contributed by atoms with Crippen molar-refractivity contribution in [3.8, 4) is 5.75 Å². The van der Waals surface area contributed by atoms with Crippen LogP contribution in [-0.4, -0.2) is 37.0 Å². The number of fused-ring (bicyclic) bond motifs is 2. The van der Waals surface area contributed by atoms with E-state index >= 15 is 0 Å². The zero-order valence-corrected chi connectivity index (χ0v) is 20.8. The standard InChI is InChI=1S/C30H23ClN2O4/c1-32-14-15-37-25-13-12-19(16-24(25)32)28(34)26-27(23-11-4-7-18-6-2-3-10-22(18)23)33(30(36)29(26)35)21-9-5-8-20(31)17-21/h2-13,16-17,27,34H,14-15H2,1H3/b28-26+. The predicted octanol–water partition coefficient (Wildman–Crippen LogP) is 5.95. The number of carbonyl (C=O) groups is 2. The predicted molar refractivity (Wildman–Crippen MR) is 145 cm³/mol. The van der Waals surface area contributed by atoms with Gasteiger partial charge >= 0.3 is 0 Å². The highest BCUT2D eigenvalue weighted by atomic mass is 35.5. The number of hydrogen-bond donors (Lipinski definition) is 1. The first-order valence-electron chi connectivity index (χ1n) is 12.0. The summed E-state index contributed by atoms with van der Waals surface area (Å²) in [5, 5.41) is 13.9. The van der Waals surface area contributed by atoms with Crippen LogP contribution in [0.3, 0.4) is 0 Å². The molecule has 0 spiro atoms. The van der Waals surface area contributed by atoms with Gasteiger partial charge in [0.15, 0.2) is 0 Å². The molecule has 1 saturated heterocycles. The molecule has 2 heterocycles. The summed E-state index contributed by atoms with van der Waals surface area (Å²) in [6, 6.07) is 24.8. The highest BCUT2D eigenvalue weighted by molar-refractivity contribution is 6.52. The van der Waals surface area contributed by atoms with Crippen LogP contribution in [-0.2, 0) is 9.59 Å². The molecule has 0 radical (unpaired) electrons. The zero-order chi connectivity index (χ0) is 25.7. The number of Topliss-reactive ketones (excluding diaryl/α,β-unsaturated/α-hetero) is 1. The molecule has 0 bridgehead atoms. The van der Waals surface area contributed by atoms with Crippen molar-refractivity contribution in [3.05, 3.63) is 107 Å². The first-order valence-corrected chi connectivity index (χ1v) is 12.3. The molecular weight excluding hydrogens is 488 g/mol. The Morgan fingerprint density at radius 2 is 1.76 bits per heavy atom. The van der Waals surface area contributed by atoms with E-state index in [1.165, 1.54) is 4.90 Å². The minimum atomic E-state index is -0.852. The van der Waals surface area contributed by atoms with E-state index in [2.05, 4.69) is 0 Å². The number of ether oxygens (including phenoxy) is 1. The highest BCUT2D eigenvalue weighted by Gasteiger charge is 2.47. The first-order chi connectivity index (χ1) is 17.9. The molecule has 2 aliphatic rings. The van der Waals surface area contributed by atoms with Crippen LogP contribution in [0.4, 0.5) is 11.4 Å². The monoisotopic (exact) mass is 510 g/mol. The maximum Gasteiger partial charge on any atom is 0.300 e. The fourth-order valence-electron chi connectivity index (χ4n) is 5.16. The van der Waals surface area contributed by atoms with Gasteiger partial charge < -0.3 is 14.7 Å². The molecule has 2 aliphatic heterocycles. The second-order valence-corrected chi connectivity index (χ2v) is 9.61. The van der Waals surface area contributed by atoms with Crippen molar-refractivity contribution in [2.75, 3.05) is 30.0 Å². The summed E-state index contributed by atoms with van der Waals surface area (Å²) in [7, 11) is 1.94. The topological polar surface area (TPSA) is 70.1 Å². The third kappa shape index (κ3) is 3.81. The van der Waals surface area contributed by atoms with Crippen molar-refractivity contribution in [3.63, 3.8) is 0 Å². The van der Waals surface area contributed by atoms with E-state index < -0.39 is 17.7 Å². The lowest BCUT2D eigenvalue weighted by Gasteiger charge is -2.28. The average Bonchev–Trinajstić information content (AvgIpc) is 3.18. The number of amides is 1. The van der Waals surface area contributed by atoms with Crippen molar-refractivity contribution in [1.29, 1.82) is 0 Å². The second kappa shape index (κ2) is 8.98. The van der Waals surface area contributed by atoms with Crippen LogP contribution in [0, 0.1) is 0 Å². The molecule has 0 saturated carbocycles. The first kappa shape index (κ1) is 23.1. The number of nitrogens with zero attached hydrogens (tertiary/aromatic N) is 2. The van der Waals surface area contributed by atoms with Gasteiger partial charge in [-0.25, -0.2) is 0 Å². The Balaban J connectivity index is 1.61. The van der Waals surface area contributed by atoms with Crippen LogP contribution in [0.15, 0.2) is 90.5 Å². The number of carbonyl (C=O) groups excluding carboxylic acids is 2. The fourth-order valence-corrected chi connectivity index (χ4v) is 5.35. The molecule has 0 aliphatic carbocycles. The summed E-state index contributed by atoms with van der Waals surface area (Å²) in [4.78, 5) is 30.6. The molecule has 0 aromatic heterocycles. The van der Waals surface area contributed by atoms with E-state index in [0.29, 0.717) is 35.2 Å². The van der Waals surface area contributed by atoms with Crippen LogP contribution >= 0.6 is 11.6 Å². The summed E-state index contributed by atoms with van der Waals surface area (Å²) in [6.45, 7) is 1.27. The van der Waals surface area contributed by atoms with E-state index in [1.54, 1.807) is 42.5 Å². The van der Waals surface area contributed by atoms with Gasteiger partial charge in [-0.15, -0.1) is 0 Å². The smallest absolute Gasteiger partial charge is 0.300 e. The Kier molecular flexibility index (Phi) is 5.61. The van der Waals surface area contributed by atoms with Gasteiger partial charge in [-0.1, -0.05) is 60.1 Å². The number of aliphatic hydroxyl groups is 1. The molecule has 184 valence electrons. The molecule has 6 nitrogen and oxygen atoms in total. The van der Waals surface area contributed by atoms with Crippen LogP contribution in [0.5, 0.6) is 5.75 Å². The summed E-state index contributed by atoms with van der Waals surface area (Å²) >= 11 is 6.27. The van der Waals surface area contributed by atoms with Crippen LogP contribution < -0.4 is 14.5 Å². The molecular formula is C30H23ClN2O4. The Hall–Kier alpha value is -4.29. The largest absolute Gasteiger partial charge is 0.507 e. The minimum Gasteiger partial charge on any atom is -0.507 e. The number of halogens is 1. The number of likely N-dealkylation sites (N-methyl/N-ethyl adjacent to an activating group) is 1. The van der Waals surface area contributed by atoms with Crippen molar-refractivity contribution < 1.29 is 19.4 Å². The Morgan fingerprint density at radius 1 is 0.973 bits per heavy atom. The lowest BCUT2D eigenvalue weighted by Crippen LogP contribution is -2.29. The number of benzene rings is 4. The van der Waals surface area contributed by atoms with E-state index in [4.69, 9.17) is 16.3 Å². The minimum absolute atomic E-state index is 0.0284. The molecule has 1 fully saturated rings. The molecule has 1 amide bonds. The number of rotatable bonds is 3. The lowest BCUT2D eigenvalue weighted by atomic mass is 9.91. The molecule has 7 heteroatoms. The van der Waals surface area contributed by atoms with Crippen molar-refractivity contribution >= 4 is 51.2 Å². The van der Waals surface area contributed by atoms with Gasteiger partial charge in [-0.2, -0.15) is 0 Å². The van der Waals surface area contributed by atoms with Crippen molar-refractivity contribution in [2.45, 2.75) is 6.04 Å². The summed E-state index contributed by atoms with van der Waals surface area (Å²) in [6.07, 6.45) is 0.